The Labute approximate surface area is 187 Å². The highest BCUT2D eigenvalue weighted by Crippen LogP contribution is 2.44. The normalized spacial score (nSPS) is 20.0. The number of benzene rings is 1. The molecule has 1 aliphatic heterocycles. The predicted molar refractivity (Wildman–Crippen MR) is 122 cm³/mol. The van der Waals surface area contributed by atoms with Crippen LogP contribution in [0.15, 0.2) is 24.4 Å². The first-order valence-corrected chi connectivity index (χ1v) is 10.8. The Morgan fingerprint density at radius 1 is 1.34 bits per heavy atom. The molecule has 0 saturated heterocycles. The molecule has 1 saturated carbocycles. The Balaban J connectivity index is 1.73. The van der Waals surface area contributed by atoms with Crippen molar-refractivity contribution in [2.45, 2.75) is 45.6 Å². The lowest BCUT2D eigenvalue weighted by Crippen LogP contribution is -2.43. The zero-order valence-corrected chi connectivity index (χ0v) is 18.9. The number of aromatic carboxylic acids is 1. The largest absolute Gasteiger partial charge is 0.495 e. The Morgan fingerprint density at radius 2 is 2.12 bits per heavy atom. The fourth-order valence-corrected chi connectivity index (χ4v) is 4.74. The number of carboxylic acid groups (broad SMARTS) is 1. The number of carboxylic acids is 1. The van der Waals surface area contributed by atoms with E-state index in [1.807, 2.05) is 0 Å². The van der Waals surface area contributed by atoms with Gasteiger partial charge in [-0.25, -0.2) is 9.78 Å². The second kappa shape index (κ2) is 8.29. The maximum atomic E-state index is 12.6. The van der Waals surface area contributed by atoms with Gasteiger partial charge in [0.2, 0.25) is 11.9 Å². The van der Waals surface area contributed by atoms with E-state index in [0.717, 1.165) is 25.1 Å². The van der Waals surface area contributed by atoms with Crippen LogP contribution >= 0.6 is 0 Å². The van der Waals surface area contributed by atoms with E-state index in [1.54, 1.807) is 24.2 Å². The van der Waals surface area contributed by atoms with Gasteiger partial charge in [-0.2, -0.15) is 4.98 Å². The number of nitrogens with zero attached hydrogens (tertiary/aromatic N) is 4. The minimum absolute atomic E-state index is 0.0415. The van der Waals surface area contributed by atoms with Gasteiger partial charge in [0, 0.05) is 26.1 Å². The van der Waals surface area contributed by atoms with Crippen molar-refractivity contribution in [3.8, 4) is 5.75 Å². The van der Waals surface area contributed by atoms with Crippen molar-refractivity contribution in [2.24, 2.45) is 5.41 Å². The van der Waals surface area contributed by atoms with E-state index in [0.29, 0.717) is 36.0 Å². The van der Waals surface area contributed by atoms with Gasteiger partial charge in [-0.3, -0.25) is 4.79 Å². The molecule has 1 atom stereocenters. The fourth-order valence-electron chi connectivity index (χ4n) is 4.74. The van der Waals surface area contributed by atoms with Crippen molar-refractivity contribution in [3.63, 3.8) is 0 Å². The molecule has 170 valence electrons. The van der Waals surface area contributed by atoms with Gasteiger partial charge in [0.15, 0.2) is 5.82 Å². The molecule has 0 bridgehead atoms. The molecule has 1 aromatic carbocycles. The molecule has 1 fully saturated rings. The van der Waals surface area contributed by atoms with E-state index < -0.39 is 5.97 Å². The summed E-state index contributed by atoms with van der Waals surface area (Å²) in [5.41, 5.74) is 1.50. The molecule has 1 unspecified atom stereocenters. The lowest BCUT2D eigenvalue weighted by molar-refractivity contribution is -0.118. The molecular weight excluding hydrogens is 410 g/mol. The zero-order valence-electron chi connectivity index (χ0n) is 18.9. The highest BCUT2D eigenvalue weighted by molar-refractivity contribution is 5.97. The highest BCUT2D eigenvalue weighted by Gasteiger charge is 2.41. The van der Waals surface area contributed by atoms with Crippen molar-refractivity contribution in [1.82, 2.24) is 9.97 Å². The third-order valence-corrected chi connectivity index (χ3v) is 6.60. The summed E-state index contributed by atoms with van der Waals surface area (Å²) in [5.74, 6) is 0.480. The predicted octanol–water partition coefficient (Wildman–Crippen LogP) is 3.68. The number of hydrogen-bond acceptors (Lipinski definition) is 7. The maximum Gasteiger partial charge on any atom is 0.335 e. The lowest BCUT2D eigenvalue weighted by Gasteiger charge is -2.38. The number of fused-ring (bicyclic) bond motifs is 1. The minimum atomic E-state index is -1.03. The van der Waals surface area contributed by atoms with Crippen molar-refractivity contribution in [3.05, 3.63) is 30.0 Å². The van der Waals surface area contributed by atoms with Gasteiger partial charge in [-0.15, -0.1) is 0 Å². The summed E-state index contributed by atoms with van der Waals surface area (Å²) in [4.78, 5) is 37.0. The molecule has 2 aliphatic rings. The van der Waals surface area contributed by atoms with Crippen LogP contribution in [0, 0.1) is 5.41 Å². The van der Waals surface area contributed by atoms with E-state index in [4.69, 9.17) is 9.72 Å². The number of rotatable bonds is 5. The first-order chi connectivity index (χ1) is 15.2. The van der Waals surface area contributed by atoms with Gasteiger partial charge in [0.25, 0.3) is 0 Å². The van der Waals surface area contributed by atoms with Crippen LogP contribution in [0.1, 0.15) is 49.9 Å². The third-order valence-electron chi connectivity index (χ3n) is 6.60. The Bertz CT molecular complexity index is 1050. The number of ether oxygens (including phenoxy) is 1. The van der Waals surface area contributed by atoms with Gasteiger partial charge in [-0.1, -0.05) is 20.3 Å². The summed E-state index contributed by atoms with van der Waals surface area (Å²) in [6.07, 6.45) is 5.43. The summed E-state index contributed by atoms with van der Waals surface area (Å²) in [6, 6.07) is 4.86. The van der Waals surface area contributed by atoms with Gasteiger partial charge in [0.1, 0.15) is 11.4 Å². The van der Waals surface area contributed by atoms with E-state index in [2.05, 4.69) is 29.0 Å². The monoisotopic (exact) mass is 439 g/mol. The van der Waals surface area contributed by atoms with E-state index in [-0.39, 0.29) is 22.9 Å². The molecule has 1 amide bonds. The van der Waals surface area contributed by atoms with Crippen molar-refractivity contribution in [2.75, 3.05) is 35.8 Å². The second-order valence-electron chi connectivity index (χ2n) is 9.04. The summed E-state index contributed by atoms with van der Waals surface area (Å²) >= 11 is 0. The number of nitrogens with one attached hydrogen (secondary N) is 1. The molecule has 0 radical (unpaired) electrons. The Morgan fingerprint density at radius 3 is 2.78 bits per heavy atom. The van der Waals surface area contributed by atoms with Crippen LogP contribution in [0.2, 0.25) is 0 Å². The number of amides is 1. The average Bonchev–Trinajstić information content (AvgIpc) is 3.06. The Hall–Kier alpha value is -3.36. The molecule has 32 heavy (non-hydrogen) atoms. The Kier molecular flexibility index (Phi) is 5.66. The standard InChI is InChI=1S/C23H29N5O4/c1-23(2)10-5-6-18(23)28-11-9-19(29)27(3)16-13-24-22(26-20(16)28)25-15-8-7-14(21(30)31)12-17(15)32-4/h7-8,12-13,18H,5-6,9-11H2,1-4H3,(H,30,31)(H,24,25,26). The number of carbonyl (C=O) groups is 2. The van der Waals surface area contributed by atoms with Gasteiger partial charge >= 0.3 is 5.97 Å². The fraction of sp³-hybridized carbons (Fsp3) is 0.478. The van der Waals surface area contributed by atoms with Crippen LogP contribution in [0.25, 0.3) is 0 Å². The third kappa shape index (κ3) is 3.94. The van der Waals surface area contributed by atoms with E-state index >= 15 is 0 Å². The number of carbonyl (C=O) groups excluding carboxylic acids is 1. The quantitative estimate of drug-likeness (QED) is 0.726. The highest BCUT2D eigenvalue weighted by atomic mass is 16.5. The summed E-state index contributed by atoms with van der Waals surface area (Å²) < 4.78 is 5.36. The van der Waals surface area contributed by atoms with Crippen LogP contribution in [0.5, 0.6) is 5.75 Å². The summed E-state index contributed by atoms with van der Waals surface area (Å²) in [6.45, 7) is 5.16. The molecule has 9 heteroatoms. The number of hydrogen-bond donors (Lipinski definition) is 2. The number of methoxy groups -OCH3 is 1. The van der Waals surface area contributed by atoms with Gasteiger partial charge < -0.3 is 25.0 Å². The lowest BCUT2D eigenvalue weighted by atomic mass is 9.86. The minimum Gasteiger partial charge on any atom is -0.495 e. The molecule has 4 rings (SSSR count). The molecule has 1 aromatic heterocycles. The second-order valence-corrected chi connectivity index (χ2v) is 9.04. The zero-order chi connectivity index (χ0) is 23.0. The van der Waals surface area contributed by atoms with Crippen LogP contribution < -0.4 is 19.9 Å². The molecular formula is C23H29N5O4. The molecule has 2 aromatic rings. The van der Waals surface area contributed by atoms with Crippen molar-refractivity contribution < 1.29 is 19.4 Å². The molecule has 1 aliphatic carbocycles. The van der Waals surface area contributed by atoms with Crippen molar-refractivity contribution in [1.29, 1.82) is 0 Å². The van der Waals surface area contributed by atoms with Crippen molar-refractivity contribution >= 4 is 35.0 Å². The van der Waals surface area contributed by atoms with Crippen LogP contribution in [-0.4, -0.2) is 53.7 Å². The topological polar surface area (TPSA) is 108 Å². The summed E-state index contributed by atoms with van der Waals surface area (Å²) in [7, 11) is 3.24. The first kappa shape index (κ1) is 21.9. The van der Waals surface area contributed by atoms with Crippen LogP contribution in [0.3, 0.4) is 0 Å². The smallest absolute Gasteiger partial charge is 0.335 e. The average molecular weight is 440 g/mol. The van der Waals surface area contributed by atoms with Gasteiger partial charge in [-0.05, 0) is 36.5 Å². The maximum absolute atomic E-state index is 12.6. The molecule has 0 spiro atoms. The number of aromatic nitrogens is 2. The molecule has 9 nitrogen and oxygen atoms in total. The van der Waals surface area contributed by atoms with Gasteiger partial charge in [0.05, 0.1) is 24.6 Å². The molecule has 2 N–H and O–H groups in total. The van der Waals surface area contributed by atoms with E-state index in [9.17, 15) is 14.7 Å². The van der Waals surface area contributed by atoms with E-state index in [1.165, 1.54) is 19.2 Å². The van der Waals surface area contributed by atoms with Crippen LogP contribution in [-0.2, 0) is 4.79 Å². The first-order valence-electron chi connectivity index (χ1n) is 10.8. The SMILES string of the molecule is COc1cc(C(=O)O)ccc1Nc1ncc2c(n1)N(C1CCCC1(C)C)CCC(=O)N2C. The van der Waals surface area contributed by atoms with Crippen LogP contribution in [0.4, 0.5) is 23.1 Å². The number of anilines is 4. The summed E-state index contributed by atoms with van der Waals surface area (Å²) in [5, 5.41) is 12.4. The molecule has 2 heterocycles.